The number of amides is 1. The van der Waals surface area contributed by atoms with Crippen LogP contribution in [0.2, 0.25) is 5.02 Å². The Bertz CT molecular complexity index is 790. The molecule has 1 unspecified atom stereocenters. The molecule has 1 saturated heterocycles. The van der Waals surface area contributed by atoms with Crippen molar-refractivity contribution < 1.29 is 9.90 Å². The van der Waals surface area contributed by atoms with Crippen LogP contribution in [0.15, 0.2) is 48.5 Å². The lowest BCUT2D eigenvalue weighted by atomic mass is 9.78. The molecule has 1 heterocycles. The smallest absolute Gasteiger partial charge is 0.407 e. The van der Waals surface area contributed by atoms with Gasteiger partial charge < -0.3 is 10.0 Å². The Hall–Kier alpha value is -2.51. The number of hydrogen-bond acceptors (Lipinski definition) is 2. The van der Waals surface area contributed by atoms with E-state index in [1.165, 1.54) is 4.90 Å². The van der Waals surface area contributed by atoms with Gasteiger partial charge in [0.25, 0.3) is 0 Å². The molecule has 1 aliphatic rings. The second-order valence-corrected chi connectivity index (χ2v) is 6.74. The van der Waals surface area contributed by atoms with Gasteiger partial charge in [0, 0.05) is 18.1 Å². The number of benzene rings is 2. The van der Waals surface area contributed by atoms with Crippen molar-refractivity contribution in [2.75, 3.05) is 13.1 Å². The van der Waals surface area contributed by atoms with E-state index in [4.69, 9.17) is 16.7 Å². The van der Waals surface area contributed by atoms with Crippen molar-refractivity contribution >= 4 is 17.7 Å². The van der Waals surface area contributed by atoms with Gasteiger partial charge in [-0.25, -0.2) is 4.79 Å². The maximum atomic E-state index is 11.1. The van der Waals surface area contributed by atoms with Crippen LogP contribution in [0.3, 0.4) is 0 Å². The predicted octanol–water partition coefficient (Wildman–Crippen LogP) is 5.00. The zero-order valence-corrected chi connectivity index (χ0v) is 14.5. The summed E-state index contributed by atoms with van der Waals surface area (Å²) in [6.07, 6.45) is 0.535. The molecule has 0 radical (unpaired) electrons. The van der Waals surface area contributed by atoms with Crippen LogP contribution in [0.25, 0.3) is 11.1 Å². The van der Waals surface area contributed by atoms with Gasteiger partial charge in [0.15, 0.2) is 0 Å². The SMILES string of the molecule is N#CC(c1ccccc1-c1ccc(Cl)cc1)C1CCN(C(=O)O)CC1. The van der Waals surface area contributed by atoms with E-state index in [9.17, 15) is 10.1 Å². The molecule has 1 aliphatic heterocycles. The normalized spacial score (nSPS) is 16.2. The fraction of sp³-hybridized carbons (Fsp3) is 0.300. The van der Waals surface area contributed by atoms with Gasteiger partial charge in [-0.05, 0) is 47.6 Å². The summed E-state index contributed by atoms with van der Waals surface area (Å²) in [6, 6.07) is 18.0. The van der Waals surface area contributed by atoms with E-state index in [-0.39, 0.29) is 11.8 Å². The average Bonchev–Trinajstić information content (AvgIpc) is 2.64. The van der Waals surface area contributed by atoms with Crippen LogP contribution < -0.4 is 0 Å². The number of nitriles is 1. The van der Waals surface area contributed by atoms with E-state index >= 15 is 0 Å². The minimum absolute atomic E-state index is 0.161. The molecule has 25 heavy (non-hydrogen) atoms. The van der Waals surface area contributed by atoms with Crippen molar-refractivity contribution in [1.82, 2.24) is 4.90 Å². The highest BCUT2D eigenvalue weighted by Crippen LogP contribution is 2.37. The van der Waals surface area contributed by atoms with Gasteiger partial charge in [-0.15, -0.1) is 0 Å². The molecule has 2 aromatic carbocycles. The van der Waals surface area contributed by atoms with Crippen LogP contribution in [-0.2, 0) is 0 Å². The molecule has 1 amide bonds. The predicted molar refractivity (Wildman–Crippen MR) is 97.6 cm³/mol. The largest absolute Gasteiger partial charge is 0.465 e. The van der Waals surface area contributed by atoms with Crippen LogP contribution >= 0.6 is 11.6 Å². The number of piperidine rings is 1. The Morgan fingerprint density at radius 3 is 2.40 bits per heavy atom. The van der Waals surface area contributed by atoms with Crippen LogP contribution in [0.1, 0.15) is 24.3 Å². The summed E-state index contributed by atoms with van der Waals surface area (Å²) in [6.45, 7) is 0.975. The van der Waals surface area contributed by atoms with Crippen molar-refractivity contribution in [3.63, 3.8) is 0 Å². The highest BCUT2D eigenvalue weighted by Gasteiger charge is 2.30. The highest BCUT2D eigenvalue weighted by molar-refractivity contribution is 6.30. The number of rotatable bonds is 3. The molecule has 0 bridgehead atoms. The Morgan fingerprint density at radius 1 is 1.16 bits per heavy atom. The Morgan fingerprint density at radius 2 is 1.80 bits per heavy atom. The molecule has 1 atom stereocenters. The van der Waals surface area contributed by atoms with E-state index in [0.717, 1.165) is 16.7 Å². The monoisotopic (exact) mass is 354 g/mol. The molecule has 128 valence electrons. The summed E-state index contributed by atoms with van der Waals surface area (Å²) < 4.78 is 0. The number of nitrogens with zero attached hydrogens (tertiary/aromatic N) is 2. The zero-order valence-electron chi connectivity index (χ0n) is 13.7. The average molecular weight is 355 g/mol. The van der Waals surface area contributed by atoms with E-state index < -0.39 is 6.09 Å². The lowest BCUT2D eigenvalue weighted by Gasteiger charge is -2.33. The van der Waals surface area contributed by atoms with E-state index in [1.54, 1.807) is 0 Å². The summed E-state index contributed by atoms with van der Waals surface area (Å²) in [7, 11) is 0. The first kappa shape index (κ1) is 17.3. The first-order chi connectivity index (χ1) is 12.1. The van der Waals surface area contributed by atoms with Crippen molar-refractivity contribution in [3.8, 4) is 17.2 Å². The van der Waals surface area contributed by atoms with Crippen molar-refractivity contribution in [2.45, 2.75) is 18.8 Å². The molecule has 0 aliphatic carbocycles. The second-order valence-electron chi connectivity index (χ2n) is 6.31. The standard InChI is InChI=1S/C20H19ClN2O2/c21-16-7-5-14(6-8-16)17-3-1-2-4-18(17)19(13-22)15-9-11-23(12-10-15)20(24)25/h1-8,15,19H,9-12H2,(H,24,25). The Labute approximate surface area is 152 Å². The minimum Gasteiger partial charge on any atom is -0.465 e. The summed E-state index contributed by atoms with van der Waals surface area (Å²) >= 11 is 5.98. The van der Waals surface area contributed by atoms with Gasteiger partial charge in [0.1, 0.15) is 0 Å². The third-order valence-electron chi connectivity index (χ3n) is 4.87. The minimum atomic E-state index is -0.881. The number of likely N-dealkylation sites (tertiary alicyclic amines) is 1. The molecule has 4 nitrogen and oxygen atoms in total. The lowest BCUT2D eigenvalue weighted by molar-refractivity contribution is 0.122. The van der Waals surface area contributed by atoms with Crippen molar-refractivity contribution in [3.05, 3.63) is 59.1 Å². The van der Waals surface area contributed by atoms with E-state index in [0.29, 0.717) is 31.0 Å². The highest BCUT2D eigenvalue weighted by atomic mass is 35.5. The molecule has 3 rings (SSSR count). The van der Waals surface area contributed by atoms with Crippen molar-refractivity contribution in [2.24, 2.45) is 5.92 Å². The third-order valence-corrected chi connectivity index (χ3v) is 5.12. The topological polar surface area (TPSA) is 64.3 Å². The second kappa shape index (κ2) is 7.58. The number of carbonyl (C=O) groups is 1. The first-order valence-corrected chi connectivity index (χ1v) is 8.70. The molecule has 0 saturated carbocycles. The summed E-state index contributed by atoms with van der Waals surface area (Å²) in [4.78, 5) is 12.5. The first-order valence-electron chi connectivity index (χ1n) is 8.32. The van der Waals surface area contributed by atoms with Crippen molar-refractivity contribution in [1.29, 1.82) is 5.26 Å². The number of carboxylic acid groups (broad SMARTS) is 1. The molecular formula is C20H19ClN2O2. The van der Waals surface area contributed by atoms with E-state index in [2.05, 4.69) is 6.07 Å². The zero-order chi connectivity index (χ0) is 17.8. The summed E-state index contributed by atoms with van der Waals surface area (Å²) in [5, 5.41) is 19.6. The summed E-state index contributed by atoms with van der Waals surface area (Å²) in [5.74, 6) is -0.0862. The van der Waals surface area contributed by atoms with Crippen LogP contribution in [0.5, 0.6) is 0 Å². The van der Waals surface area contributed by atoms with E-state index in [1.807, 2.05) is 48.5 Å². The van der Waals surface area contributed by atoms with Gasteiger partial charge in [-0.1, -0.05) is 48.0 Å². The van der Waals surface area contributed by atoms with Gasteiger partial charge in [0.05, 0.1) is 12.0 Å². The fourth-order valence-electron chi connectivity index (χ4n) is 3.51. The fourth-order valence-corrected chi connectivity index (χ4v) is 3.64. The molecular weight excluding hydrogens is 336 g/mol. The van der Waals surface area contributed by atoms with Gasteiger partial charge in [-0.3, -0.25) is 0 Å². The molecule has 1 fully saturated rings. The molecule has 0 aromatic heterocycles. The lowest BCUT2D eigenvalue weighted by Crippen LogP contribution is -2.38. The maximum Gasteiger partial charge on any atom is 0.407 e. The van der Waals surface area contributed by atoms with Gasteiger partial charge in [-0.2, -0.15) is 5.26 Å². The maximum absolute atomic E-state index is 11.1. The van der Waals surface area contributed by atoms with Gasteiger partial charge in [0.2, 0.25) is 0 Å². The third kappa shape index (κ3) is 3.78. The summed E-state index contributed by atoms with van der Waals surface area (Å²) in [5.41, 5.74) is 3.07. The number of hydrogen-bond donors (Lipinski definition) is 1. The molecule has 0 spiro atoms. The number of halogens is 1. The molecule has 1 N–H and O–H groups in total. The van der Waals surface area contributed by atoms with Crippen LogP contribution in [-0.4, -0.2) is 29.2 Å². The van der Waals surface area contributed by atoms with Crippen LogP contribution in [0.4, 0.5) is 4.79 Å². The van der Waals surface area contributed by atoms with Gasteiger partial charge >= 0.3 is 6.09 Å². The Kier molecular flexibility index (Phi) is 5.25. The molecule has 5 heteroatoms. The quantitative estimate of drug-likeness (QED) is 0.843. The Balaban J connectivity index is 1.89. The van der Waals surface area contributed by atoms with Crippen LogP contribution in [0, 0.1) is 17.2 Å². The molecule has 2 aromatic rings.